The number of hydrogen-bond acceptors (Lipinski definition) is 3. The topological polar surface area (TPSA) is 24.4 Å². The molecule has 1 unspecified atom stereocenters. The molecule has 19 heavy (non-hydrogen) atoms. The SMILES string of the molecule is CCC(CC)C1CN=C(Nc2ccc(F)c(Cl)c2)S1. The Bertz CT molecular complexity index is 475. The van der Waals surface area contributed by atoms with Gasteiger partial charge in [-0.1, -0.05) is 50.1 Å². The first-order chi connectivity index (χ1) is 9.13. The second-order valence-corrected chi connectivity index (χ2v) is 6.27. The summed E-state index contributed by atoms with van der Waals surface area (Å²) >= 11 is 7.54. The molecular weight excluding hydrogens is 283 g/mol. The van der Waals surface area contributed by atoms with Gasteiger partial charge < -0.3 is 5.32 Å². The molecule has 0 saturated heterocycles. The van der Waals surface area contributed by atoms with E-state index in [2.05, 4.69) is 24.2 Å². The molecule has 0 saturated carbocycles. The van der Waals surface area contributed by atoms with Gasteiger partial charge in [0.2, 0.25) is 0 Å². The van der Waals surface area contributed by atoms with Gasteiger partial charge in [0.05, 0.1) is 11.6 Å². The maximum atomic E-state index is 13.1. The van der Waals surface area contributed by atoms with Crippen molar-refractivity contribution in [3.05, 3.63) is 29.0 Å². The van der Waals surface area contributed by atoms with Gasteiger partial charge in [-0.3, -0.25) is 4.99 Å². The van der Waals surface area contributed by atoms with E-state index in [1.807, 2.05) is 0 Å². The first-order valence-corrected chi connectivity index (χ1v) is 7.83. The van der Waals surface area contributed by atoms with Crippen LogP contribution in [0, 0.1) is 11.7 Å². The monoisotopic (exact) mass is 300 g/mol. The quantitative estimate of drug-likeness (QED) is 0.864. The van der Waals surface area contributed by atoms with Crippen LogP contribution in [0.2, 0.25) is 5.02 Å². The molecule has 1 aliphatic heterocycles. The lowest BCUT2D eigenvalue weighted by Crippen LogP contribution is -2.17. The summed E-state index contributed by atoms with van der Waals surface area (Å²) in [7, 11) is 0. The number of benzene rings is 1. The molecule has 2 rings (SSSR count). The van der Waals surface area contributed by atoms with Crippen LogP contribution in [0.3, 0.4) is 0 Å². The fraction of sp³-hybridized carbons (Fsp3) is 0.500. The Morgan fingerprint density at radius 3 is 2.84 bits per heavy atom. The third-order valence-electron chi connectivity index (χ3n) is 3.42. The minimum Gasteiger partial charge on any atom is -0.335 e. The number of halogens is 2. The average molecular weight is 301 g/mol. The van der Waals surface area contributed by atoms with Crippen molar-refractivity contribution < 1.29 is 4.39 Å². The van der Waals surface area contributed by atoms with Crippen molar-refractivity contribution in [1.82, 2.24) is 0 Å². The van der Waals surface area contributed by atoms with Crippen LogP contribution < -0.4 is 5.32 Å². The fourth-order valence-corrected chi connectivity index (χ4v) is 3.74. The Balaban J connectivity index is 1.96. The maximum Gasteiger partial charge on any atom is 0.161 e. The Hall–Kier alpha value is -0.740. The van der Waals surface area contributed by atoms with Crippen LogP contribution in [0.1, 0.15) is 26.7 Å². The van der Waals surface area contributed by atoms with Crippen LogP contribution in [0.4, 0.5) is 10.1 Å². The lowest BCUT2D eigenvalue weighted by atomic mass is 9.99. The van der Waals surface area contributed by atoms with Crippen molar-refractivity contribution in [3.63, 3.8) is 0 Å². The molecular formula is C14H18ClFN2S. The Kier molecular flexibility index (Phi) is 5.11. The van der Waals surface area contributed by atoms with Crippen LogP contribution in [0.15, 0.2) is 23.2 Å². The van der Waals surface area contributed by atoms with E-state index in [4.69, 9.17) is 11.6 Å². The average Bonchev–Trinajstić information content (AvgIpc) is 2.84. The summed E-state index contributed by atoms with van der Waals surface area (Å²) in [5.41, 5.74) is 0.780. The summed E-state index contributed by atoms with van der Waals surface area (Å²) in [6, 6.07) is 4.63. The summed E-state index contributed by atoms with van der Waals surface area (Å²) in [5, 5.41) is 4.79. The molecule has 0 spiro atoms. The third-order valence-corrected chi connectivity index (χ3v) is 5.00. The fourth-order valence-electron chi connectivity index (χ4n) is 2.22. The number of hydrogen-bond donors (Lipinski definition) is 1. The zero-order chi connectivity index (χ0) is 13.8. The molecule has 1 aromatic carbocycles. The summed E-state index contributed by atoms with van der Waals surface area (Å²) in [6.07, 6.45) is 2.36. The van der Waals surface area contributed by atoms with Crippen molar-refractivity contribution in [1.29, 1.82) is 0 Å². The molecule has 0 bridgehead atoms. The Morgan fingerprint density at radius 2 is 2.21 bits per heavy atom. The van der Waals surface area contributed by atoms with E-state index in [-0.39, 0.29) is 5.02 Å². The first kappa shape index (κ1) is 14.7. The van der Waals surface area contributed by atoms with Gasteiger partial charge in [-0.15, -0.1) is 0 Å². The zero-order valence-corrected chi connectivity index (χ0v) is 12.7. The lowest BCUT2D eigenvalue weighted by molar-refractivity contribution is 0.479. The molecule has 2 nitrogen and oxygen atoms in total. The molecule has 1 aromatic rings. The van der Waals surface area contributed by atoms with Gasteiger partial charge in [-0.25, -0.2) is 4.39 Å². The predicted octanol–water partition coefficient (Wildman–Crippen LogP) is 4.80. The molecule has 5 heteroatoms. The maximum absolute atomic E-state index is 13.1. The number of thioether (sulfide) groups is 1. The van der Waals surface area contributed by atoms with Gasteiger partial charge in [0.1, 0.15) is 5.82 Å². The van der Waals surface area contributed by atoms with Gasteiger partial charge in [-0.05, 0) is 24.1 Å². The van der Waals surface area contributed by atoms with Crippen LogP contribution in [0.25, 0.3) is 0 Å². The van der Waals surface area contributed by atoms with Crippen molar-refractivity contribution in [2.24, 2.45) is 10.9 Å². The molecule has 1 heterocycles. The van der Waals surface area contributed by atoms with E-state index in [1.54, 1.807) is 23.9 Å². The van der Waals surface area contributed by atoms with E-state index in [0.29, 0.717) is 11.2 Å². The highest BCUT2D eigenvalue weighted by molar-refractivity contribution is 8.15. The molecule has 0 fully saturated rings. The van der Waals surface area contributed by atoms with E-state index in [1.165, 1.54) is 18.9 Å². The summed E-state index contributed by atoms with van der Waals surface area (Å²) in [4.78, 5) is 4.51. The molecule has 1 atom stereocenters. The molecule has 1 N–H and O–H groups in total. The molecule has 0 aliphatic carbocycles. The predicted molar refractivity (Wildman–Crippen MR) is 82.8 cm³/mol. The highest BCUT2D eigenvalue weighted by Gasteiger charge is 2.25. The second-order valence-electron chi connectivity index (χ2n) is 4.63. The van der Waals surface area contributed by atoms with Gasteiger partial charge in [0.25, 0.3) is 0 Å². The summed E-state index contributed by atoms with van der Waals surface area (Å²) in [5.74, 6) is 0.299. The summed E-state index contributed by atoms with van der Waals surface area (Å²) in [6.45, 7) is 5.30. The molecule has 0 radical (unpaired) electrons. The summed E-state index contributed by atoms with van der Waals surface area (Å²) < 4.78 is 13.1. The van der Waals surface area contributed by atoms with Gasteiger partial charge in [-0.2, -0.15) is 0 Å². The van der Waals surface area contributed by atoms with Crippen molar-refractivity contribution in [3.8, 4) is 0 Å². The smallest absolute Gasteiger partial charge is 0.161 e. The third kappa shape index (κ3) is 3.63. The van der Waals surface area contributed by atoms with Gasteiger partial charge in [0, 0.05) is 10.9 Å². The van der Waals surface area contributed by atoms with E-state index < -0.39 is 5.82 Å². The highest BCUT2D eigenvalue weighted by Crippen LogP contribution is 2.32. The van der Waals surface area contributed by atoms with Crippen molar-refractivity contribution in [2.75, 3.05) is 11.9 Å². The number of anilines is 1. The lowest BCUT2D eigenvalue weighted by Gasteiger charge is -2.18. The standard InChI is InChI=1S/C14H18ClFN2S/c1-3-9(4-2)13-8-17-14(19-13)18-10-5-6-12(16)11(15)7-10/h5-7,9,13H,3-4,8H2,1-2H3,(H,17,18). The van der Waals surface area contributed by atoms with Crippen molar-refractivity contribution >= 4 is 34.2 Å². The highest BCUT2D eigenvalue weighted by atomic mass is 35.5. The number of nitrogens with zero attached hydrogens (tertiary/aromatic N) is 1. The largest absolute Gasteiger partial charge is 0.335 e. The molecule has 104 valence electrons. The van der Waals surface area contributed by atoms with E-state index in [0.717, 1.165) is 17.4 Å². The number of nitrogens with one attached hydrogen (secondary N) is 1. The van der Waals surface area contributed by atoms with E-state index >= 15 is 0 Å². The zero-order valence-electron chi connectivity index (χ0n) is 11.1. The number of amidine groups is 1. The minimum atomic E-state index is -0.400. The van der Waals surface area contributed by atoms with Crippen LogP contribution >= 0.6 is 23.4 Å². The Labute approximate surface area is 122 Å². The molecule has 1 aliphatic rings. The number of rotatable bonds is 4. The van der Waals surface area contributed by atoms with Crippen LogP contribution in [-0.4, -0.2) is 17.0 Å². The van der Waals surface area contributed by atoms with Crippen LogP contribution in [-0.2, 0) is 0 Å². The molecule has 0 aromatic heterocycles. The van der Waals surface area contributed by atoms with E-state index in [9.17, 15) is 4.39 Å². The van der Waals surface area contributed by atoms with Crippen LogP contribution in [0.5, 0.6) is 0 Å². The Morgan fingerprint density at radius 1 is 1.47 bits per heavy atom. The second kappa shape index (κ2) is 6.62. The van der Waals surface area contributed by atoms with Gasteiger partial charge in [0.15, 0.2) is 5.17 Å². The first-order valence-electron chi connectivity index (χ1n) is 6.57. The van der Waals surface area contributed by atoms with Crippen molar-refractivity contribution in [2.45, 2.75) is 31.9 Å². The van der Waals surface area contributed by atoms with Gasteiger partial charge >= 0.3 is 0 Å². The number of aliphatic imine (C=N–C) groups is 1. The minimum absolute atomic E-state index is 0.130. The molecule has 0 amide bonds. The normalized spacial score (nSPS) is 18.8.